The summed E-state index contributed by atoms with van der Waals surface area (Å²) in [5.41, 5.74) is 0.296. The van der Waals surface area contributed by atoms with Crippen LogP contribution in [-0.2, 0) is 0 Å². The van der Waals surface area contributed by atoms with Crippen LogP contribution in [0.1, 0.15) is 65.7 Å². The lowest BCUT2D eigenvalue weighted by atomic mass is 10.0. The zero-order valence-electron chi connectivity index (χ0n) is 12.4. The first kappa shape index (κ1) is 15.0. The molecule has 0 heterocycles. The van der Waals surface area contributed by atoms with Crippen molar-refractivity contribution in [2.24, 2.45) is 0 Å². The fraction of sp³-hybridized carbons (Fsp3) is 1.00. The van der Waals surface area contributed by atoms with Crippen LogP contribution in [0.15, 0.2) is 0 Å². The molecule has 1 N–H and O–H groups in total. The molecule has 2 heteroatoms. The molecule has 0 aromatic carbocycles. The molecule has 0 spiro atoms. The van der Waals surface area contributed by atoms with E-state index in [1.807, 2.05) is 0 Å². The van der Waals surface area contributed by atoms with Crippen molar-refractivity contribution in [1.82, 2.24) is 10.2 Å². The number of nitrogens with one attached hydrogen (secondary N) is 1. The summed E-state index contributed by atoms with van der Waals surface area (Å²) < 4.78 is 0. The van der Waals surface area contributed by atoms with Gasteiger partial charge >= 0.3 is 0 Å². The minimum atomic E-state index is 0.296. The zero-order valence-corrected chi connectivity index (χ0v) is 12.4. The van der Waals surface area contributed by atoms with Gasteiger partial charge in [-0.2, -0.15) is 0 Å². The molecule has 1 fully saturated rings. The quantitative estimate of drug-likeness (QED) is 0.716. The Balaban J connectivity index is 2.21. The van der Waals surface area contributed by atoms with Crippen LogP contribution < -0.4 is 5.32 Å². The van der Waals surface area contributed by atoms with Crippen molar-refractivity contribution in [3.63, 3.8) is 0 Å². The second-order valence-electron chi connectivity index (χ2n) is 6.29. The van der Waals surface area contributed by atoms with Crippen LogP contribution in [0, 0.1) is 0 Å². The van der Waals surface area contributed by atoms with E-state index in [2.05, 4.69) is 38.0 Å². The van der Waals surface area contributed by atoms with Crippen molar-refractivity contribution in [2.45, 2.75) is 77.3 Å². The van der Waals surface area contributed by atoms with Crippen LogP contribution in [0.3, 0.4) is 0 Å². The van der Waals surface area contributed by atoms with Crippen molar-refractivity contribution in [3.8, 4) is 0 Å². The Morgan fingerprint density at radius 1 is 1.12 bits per heavy atom. The molecule has 0 bridgehead atoms. The standard InChI is InChI=1S/C15H32N2/c1-5-15(2,3)16-12-13-17(4)14-10-8-6-7-9-11-14/h14,16H,5-13H2,1-4H3. The smallest absolute Gasteiger partial charge is 0.0123 e. The number of nitrogens with zero attached hydrogens (tertiary/aromatic N) is 1. The predicted octanol–water partition coefficient (Wildman–Crippen LogP) is 3.42. The molecule has 0 atom stereocenters. The molecule has 1 aliphatic rings. The van der Waals surface area contributed by atoms with Crippen LogP contribution in [0.25, 0.3) is 0 Å². The van der Waals surface area contributed by atoms with Gasteiger partial charge < -0.3 is 10.2 Å². The minimum absolute atomic E-state index is 0.296. The van der Waals surface area contributed by atoms with Crippen LogP contribution in [-0.4, -0.2) is 36.6 Å². The first-order valence-corrected chi connectivity index (χ1v) is 7.50. The van der Waals surface area contributed by atoms with Crippen molar-refractivity contribution in [1.29, 1.82) is 0 Å². The predicted molar refractivity (Wildman–Crippen MR) is 76.5 cm³/mol. The second-order valence-corrected chi connectivity index (χ2v) is 6.29. The molecule has 0 aliphatic heterocycles. The van der Waals surface area contributed by atoms with Gasteiger partial charge in [-0.3, -0.25) is 0 Å². The summed E-state index contributed by atoms with van der Waals surface area (Å²) in [6, 6.07) is 0.837. The van der Waals surface area contributed by atoms with Gasteiger partial charge in [0.25, 0.3) is 0 Å². The summed E-state index contributed by atoms with van der Waals surface area (Å²) in [5, 5.41) is 3.65. The molecule has 0 unspecified atom stereocenters. The molecule has 2 nitrogen and oxygen atoms in total. The highest BCUT2D eigenvalue weighted by molar-refractivity contribution is 4.77. The van der Waals surface area contributed by atoms with Gasteiger partial charge in [0.05, 0.1) is 0 Å². The maximum absolute atomic E-state index is 3.65. The largest absolute Gasteiger partial charge is 0.311 e. The van der Waals surface area contributed by atoms with Gasteiger partial charge in [0, 0.05) is 24.7 Å². The van der Waals surface area contributed by atoms with Crippen molar-refractivity contribution in [2.75, 3.05) is 20.1 Å². The van der Waals surface area contributed by atoms with Crippen LogP contribution in [0.4, 0.5) is 0 Å². The van der Waals surface area contributed by atoms with Crippen molar-refractivity contribution in [3.05, 3.63) is 0 Å². The molecule has 102 valence electrons. The number of hydrogen-bond donors (Lipinski definition) is 1. The third kappa shape index (κ3) is 5.87. The Kier molecular flexibility index (Phi) is 6.50. The van der Waals surface area contributed by atoms with E-state index in [1.165, 1.54) is 51.5 Å². The Labute approximate surface area is 108 Å². The molecule has 0 radical (unpaired) electrons. The summed E-state index contributed by atoms with van der Waals surface area (Å²) >= 11 is 0. The summed E-state index contributed by atoms with van der Waals surface area (Å²) in [4.78, 5) is 2.57. The third-order valence-electron chi connectivity index (χ3n) is 4.40. The van der Waals surface area contributed by atoms with Gasteiger partial charge in [0.15, 0.2) is 0 Å². The van der Waals surface area contributed by atoms with E-state index >= 15 is 0 Å². The fourth-order valence-corrected chi connectivity index (χ4v) is 2.58. The normalized spacial score (nSPS) is 19.6. The molecule has 0 amide bonds. The lowest BCUT2D eigenvalue weighted by molar-refractivity contribution is 0.212. The van der Waals surface area contributed by atoms with E-state index in [-0.39, 0.29) is 0 Å². The van der Waals surface area contributed by atoms with Crippen LogP contribution in [0.2, 0.25) is 0 Å². The SMILES string of the molecule is CCC(C)(C)NCCN(C)C1CCCCCC1. The molecule has 1 aliphatic carbocycles. The number of rotatable bonds is 6. The van der Waals surface area contributed by atoms with E-state index in [4.69, 9.17) is 0 Å². The monoisotopic (exact) mass is 240 g/mol. The first-order chi connectivity index (χ1) is 8.05. The third-order valence-corrected chi connectivity index (χ3v) is 4.40. The minimum Gasteiger partial charge on any atom is -0.311 e. The van der Waals surface area contributed by atoms with E-state index in [1.54, 1.807) is 0 Å². The maximum Gasteiger partial charge on any atom is 0.0123 e. The van der Waals surface area contributed by atoms with Crippen LogP contribution >= 0.6 is 0 Å². The first-order valence-electron chi connectivity index (χ1n) is 7.50. The molecular weight excluding hydrogens is 208 g/mol. The average molecular weight is 240 g/mol. The topological polar surface area (TPSA) is 15.3 Å². The summed E-state index contributed by atoms with van der Waals surface area (Å²) in [6.07, 6.45) is 9.78. The molecule has 1 rings (SSSR count). The molecular formula is C15H32N2. The van der Waals surface area contributed by atoms with Gasteiger partial charge in [-0.25, -0.2) is 0 Å². The Hall–Kier alpha value is -0.0800. The fourth-order valence-electron chi connectivity index (χ4n) is 2.58. The zero-order chi connectivity index (χ0) is 12.7. The van der Waals surface area contributed by atoms with Crippen molar-refractivity contribution >= 4 is 0 Å². The second kappa shape index (κ2) is 7.38. The van der Waals surface area contributed by atoms with E-state index in [0.29, 0.717) is 5.54 Å². The Morgan fingerprint density at radius 2 is 1.71 bits per heavy atom. The van der Waals surface area contributed by atoms with Gasteiger partial charge in [-0.1, -0.05) is 32.6 Å². The lowest BCUT2D eigenvalue weighted by Gasteiger charge is -2.30. The van der Waals surface area contributed by atoms with Crippen LogP contribution in [0.5, 0.6) is 0 Å². The molecule has 0 saturated heterocycles. The van der Waals surface area contributed by atoms with E-state index < -0.39 is 0 Å². The van der Waals surface area contributed by atoms with Gasteiger partial charge in [0.1, 0.15) is 0 Å². The highest BCUT2D eigenvalue weighted by Crippen LogP contribution is 2.20. The molecule has 0 aromatic heterocycles. The molecule has 1 saturated carbocycles. The van der Waals surface area contributed by atoms with E-state index in [0.717, 1.165) is 12.6 Å². The van der Waals surface area contributed by atoms with Gasteiger partial charge in [-0.05, 0) is 40.2 Å². The Morgan fingerprint density at radius 3 is 2.24 bits per heavy atom. The summed E-state index contributed by atoms with van der Waals surface area (Å²) in [7, 11) is 2.30. The Bertz CT molecular complexity index is 193. The lowest BCUT2D eigenvalue weighted by Crippen LogP contribution is -2.44. The summed E-state index contributed by atoms with van der Waals surface area (Å²) in [6.45, 7) is 9.14. The number of likely N-dealkylation sites (N-methyl/N-ethyl adjacent to an activating group) is 1. The van der Waals surface area contributed by atoms with Crippen molar-refractivity contribution < 1.29 is 0 Å². The number of hydrogen-bond acceptors (Lipinski definition) is 2. The van der Waals surface area contributed by atoms with E-state index in [9.17, 15) is 0 Å². The molecule has 17 heavy (non-hydrogen) atoms. The highest BCUT2D eigenvalue weighted by atomic mass is 15.1. The van der Waals surface area contributed by atoms with Gasteiger partial charge in [-0.15, -0.1) is 0 Å². The highest BCUT2D eigenvalue weighted by Gasteiger charge is 2.18. The maximum atomic E-state index is 3.65. The average Bonchev–Trinajstić information content (AvgIpc) is 2.57. The van der Waals surface area contributed by atoms with Gasteiger partial charge in [0.2, 0.25) is 0 Å². The molecule has 0 aromatic rings. The summed E-state index contributed by atoms with van der Waals surface area (Å²) in [5.74, 6) is 0.